The first-order chi connectivity index (χ1) is 20.0. The summed E-state index contributed by atoms with van der Waals surface area (Å²) in [5, 5.41) is 12.4. The van der Waals surface area contributed by atoms with Crippen molar-refractivity contribution in [3.05, 3.63) is 118 Å². The Kier molecular flexibility index (Phi) is 7.32. The average Bonchev–Trinajstić information content (AvgIpc) is 3.55. The number of hydrogen-bond donors (Lipinski definition) is 2. The van der Waals surface area contributed by atoms with Crippen LogP contribution in [0.25, 0.3) is 11.1 Å². The fourth-order valence-corrected chi connectivity index (χ4v) is 5.39. The number of anilines is 1. The minimum absolute atomic E-state index is 0.0863. The largest absolute Gasteiger partial charge is 0.508 e. The Bertz CT molecular complexity index is 1590. The van der Waals surface area contributed by atoms with Crippen molar-refractivity contribution in [1.29, 1.82) is 0 Å². The van der Waals surface area contributed by atoms with Crippen LogP contribution in [0.1, 0.15) is 40.1 Å². The molecule has 2 heterocycles. The number of aliphatic hydroxyl groups excluding tert-OH is 1. The minimum Gasteiger partial charge on any atom is -0.433 e. The van der Waals surface area contributed by atoms with Crippen LogP contribution in [0.5, 0.6) is 0 Å². The molecule has 0 radical (unpaired) electrons. The predicted octanol–water partition coefficient (Wildman–Crippen LogP) is 4.11. The Morgan fingerprint density at radius 3 is 2.27 bits per heavy atom. The van der Waals surface area contributed by atoms with Crippen LogP contribution in [0.3, 0.4) is 0 Å². The van der Waals surface area contributed by atoms with Crippen LogP contribution >= 0.6 is 0 Å². The molecule has 0 unspecified atom stereocenters. The summed E-state index contributed by atoms with van der Waals surface area (Å²) in [5.41, 5.74) is 4.14. The topological polar surface area (TPSA) is 129 Å². The monoisotopic (exact) mass is 553 g/mol. The Morgan fingerprint density at radius 1 is 0.951 bits per heavy atom. The van der Waals surface area contributed by atoms with Crippen molar-refractivity contribution in [3.8, 4) is 11.1 Å². The van der Waals surface area contributed by atoms with Gasteiger partial charge in [0.25, 0.3) is 5.91 Å². The maximum atomic E-state index is 12.7. The molecule has 41 heavy (non-hydrogen) atoms. The second kappa shape index (κ2) is 11.4. The lowest BCUT2D eigenvalue weighted by Gasteiger charge is -2.18. The summed E-state index contributed by atoms with van der Waals surface area (Å²) in [6.07, 6.45) is -1.88. The van der Waals surface area contributed by atoms with E-state index < -0.39 is 42.8 Å². The molecule has 1 aliphatic carbocycles. The van der Waals surface area contributed by atoms with Crippen LogP contribution in [0.2, 0.25) is 0 Å². The van der Waals surface area contributed by atoms with Crippen LogP contribution in [-0.4, -0.2) is 52.1 Å². The fourth-order valence-electron chi connectivity index (χ4n) is 5.39. The highest BCUT2D eigenvalue weighted by atomic mass is 16.7. The molecule has 3 aromatic carbocycles. The van der Waals surface area contributed by atoms with E-state index in [1.807, 2.05) is 36.4 Å². The zero-order chi connectivity index (χ0) is 28.3. The smallest absolute Gasteiger partial charge is 0.433 e. The maximum absolute atomic E-state index is 12.7. The third kappa shape index (κ3) is 5.34. The van der Waals surface area contributed by atoms with Gasteiger partial charge in [-0.05, 0) is 40.5 Å². The first-order valence-corrected chi connectivity index (χ1v) is 13.3. The molecule has 1 amide bonds. The standard InChI is InChI=1S/C31H27N3O7/c35-17-26-25(41-31(38)39-18-24-22-12-6-4-10-20(22)21-11-5-7-13-23(21)24)16-28(40-26)34-15-14-27(33-30(34)37)32-29(36)19-8-2-1-3-9-19/h1-15,24-26,28,35H,16-18H2,(H,32,33,36,37)/t25-,26+,28+/m0/s1. The number of carbonyl (C=O) groups excluding carboxylic acids is 2. The number of rotatable bonds is 7. The Morgan fingerprint density at radius 2 is 1.61 bits per heavy atom. The number of aromatic nitrogens is 2. The summed E-state index contributed by atoms with van der Waals surface area (Å²) in [6, 6.07) is 26.0. The Labute approximate surface area is 235 Å². The zero-order valence-corrected chi connectivity index (χ0v) is 21.9. The lowest BCUT2D eigenvalue weighted by Crippen LogP contribution is -2.30. The number of nitrogens with one attached hydrogen (secondary N) is 1. The van der Waals surface area contributed by atoms with E-state index in [1.54, 1.807) is 30.3 Å². The average molecular weight is 554 g/mol. The van der Waals surface area contributed by atoms with Gasteiger partial charge < -0.3 is 24.6 Å². The third-order valence-corrected chi connectivity index (χ3v) is 7.36. The predicted molar refractivity (Wildman–Crippen MR) is 148 cm³/mol. The lowest BCUT2D eigenvalue weighted by molar-refractivity contribution is -0.0576. The lowest BCUT2D eigenvalue weighted by atomic mass is 9.98. The molecule has 4 aromatic rings. The summed E-state index contributed by atoms with van der Waals surface area (Å²) in [4.78, 5) is 41.8. The second-order valence-corrected chi connectivity index (χ2v) is 9.81. The molecule has 10 nitrogen and oxygen atoms in total. The quantitative estimate of drug-likeness (QED) is 0.327. The normalized spacial score (nSPS) is 19.3. The van der Waals surface area contributed by atoms with Gasteiger partial charge in [0.15, 0.2) is 0 Å². The van der Waals surface area contributed by atoms with Crippen LogP contribution in [0.15, 0.2) is 95.9 Å². The first-order valence-electron chi connectivity index (χ1n) is 13.3. The summed E-state index contributed by atoms with van der Waals surface area (Å²) in [5.74, 6) is -0.436. The van der Waals surface area contributed by atoms with E-state index >= 15 is 0 Å². The van der Waals surface area contributed by atoms with E-state index in [-0.39, 0.29) is 24.8 Å². The van der Waals surface area contributed by atoms with Crippen LogP contribution in [0, 0.1) is 0 Å². The number of amides is 1. The number of ether oxygens (including phenoxy) is 3. The molecule has 6 rings (SSSR count). The molecule has 0 spiro atoms. The number of aliphatic hydroxyl groups is 1. The molecule has 2 aliphatic rings. The van der Waals surface area contributed by atoms with Gasteiger partial charge in [0, 0.05) is 24.1 Å². The number of fused-ring (bicyclic) bond motifs is 3. The van der Waals surface area contributed by atoms with Crippen molar-refractivity contribution >= 4 is 17.9 Å². The maximum Gasteiger partial charge on any atom is 0.508 e. The van der Waals surface area contributed by atoms with E-state index in [0.717, 1.165) is 22.3 Å². The van der Waals surface area contributed by atoms with Crippen molar-refractivity contribution in [3.63, 3.8) is 0 Å². The van der Waals surface area contributed by atoms with Gasteiger partial charge in [0.1, 0.15) is 30.9 Å². The second-order valence-electron chi connectivity index (χ2n) is 9.81. The van der Waals surface area contributed by atoms with Crippen LogP contribution in [0.4, 0.5) is 10.6 Å². The van der Waals surface area contributed by atoms with Crippen molar-refractivity contribution in [2.75, 3.05) is 18.5 Å². The fraction of sp³-hybridized carbons (Fsp3) is 0.226. The van der Waals surface area contributed by atoms with Crippen molar-refractivity contribution < 1.29 is 28.9 Å². The summed E-state index contributed by atoms with van der Waals surface area (Å²) < 4.78 is 18.1. The van der Waals surface area contributed by atoms with E-state index in [2.05, 4.69) is 22.4 Å². The van der Waals surface area contributed by atoms with E-state index in [4.69, 9.17) is 14.2 Å². The highest BCUT2D eigenvalue weighted by Crippen LogP contribution is 2.44. The number of benzene rings is 3. The van der Waals surface area contributed by atoms with Crippen LogP contribution in [-0.2, 0) is 14.2 Å². The molecule has 2 N–H and O–H groups in total. The number of hydrogen-bond acceptors (Lipinski definition) is 8. The minimum atomic E-state index is -0.885. The van der Waals surface area contributed by atoms with Gasteiger partial charge in [0.05, 0.1) is 6.61 Å². The number of nitrogens with zero attached hydrogens (tertiary/aromatic N) is 2. The van der Waals surface area contributed by atoms with Crippen molar-refractivity contribution in [2.45, 2.75) is 30.8 Å². The molecule has 1 fully saturated rings. The molecule has 1 aromatic heterocycles. The Balaban J connectivity index is 1.08. The van der Waals surface area contributed by atoms with Gasteiger partial charge in [-0.25, -0.2) is 9.59 Å². The SMILES string of the molecule is O=C(OCC1c2ccccc2-c2ccccc21)O[C@H]1C[C@H](n2ccc(NC(=O)c3ccccc3)nc2=O)O[C@@H]1CO. The molecule has 208 valence electrons. The van der Waals surface area contributed by atoms with Gasteiger partial charge in [-0.2, -0.15) is 4.98 Å². The molecule has 3 atom stereocenters. The summed E-state index contributed by atoms with van der Waals surface area (Å²) in [6.45, 7) is -0.335. The van der Waals surface area contributed by atoms with Gasteiger partial charge in [-0.3, -0.25) is 9.36 Å². The molecular weight excluding hydrogens is 526 g/mol. The highest BCUT2D eigenvalue weighted by molar-refractivity contribution is 6.03. The van der Waals surface area contributed by atoms with Gasteiger partial charge in [-0.15, -0.1) is 0 Å². The van der Waals surface area contributed by atoms with E-state index in [1.165, 1.54) is 16.8 Å². The Hall–Kier alpha value is -4.80. The summed E-state index contributed by atoms with van der Waals surface area (Å²) in [7, 11) is 0. The van der Waals surface area contributed by atoms with E-state index in [0.29, 0.717) is 5.56 Å². The van der Waals surface area contributed by atoms with Gasteiger partial charge >= 0.3 is 11.8 Å². The molecule has 10 heteroatoms. The van der Waals surface area contributed by atoms with Gasteiger partial charge in [-0.1, -0.05) is 66.7 Å². The third-order valence-electron chi connectivity index (χ3n) is 7.36. The molecule has 0 bridgehead atoms. The molecule has 0 saturated carbocycles. The van der Waals surface area contributed by atoms with Crippen molar-refractivity contribution in [2.24, 2.45) is 0 Å². The number of carbonyl (C=O) groups is 2. The van der Waals surface area contributed by atoms with E-state index in [9.17, 15) is 19.5 Å². The van der Waals surface area contributed by atoms with Crippen LogP contribution < -0.4 is 11.0 Å². The first kappa shape index (κ1) is 26.4. The molecular formula is C31H27N3O7. The van der Waals surface area contributed by atoms with Gasteiger partial charge in [0.2, 0.25) is 0 Å². The highest BCUT2D eigenvalue weighted by Gasteiger charge is 2.40. The molecule has 1 saturated heterocycles. The summed E-state index contributed by atoms with van der Waals surface area (Å²) >= 11 is 0. The zero-order valence-electron chi connectivity index (χ0n) is 21.9. The van der Waals surface area contributed by atoms with Crippen molar-refractivity contribution in [1.82, 2.24) is 9.55 Å². The molecule has 1 aliphatic heterocycles.